The van der Waals surface area contributed by atoms with Gasteiger partial charge in [0.2, 0.25) is 0 Å². The van der Waals surface area contributed by atoms with Crippen molar-refractivity contribution in [3.63, 3.8) is 0 Å². The Morgan fingerprint density at radius 2 is 2.53 bits per heavy atom. The quantitative estimate of drug-likeness (QED) is 0.822. The highest BCUT2D eigenvalue weighted by Crippen LogP contribution is 2.19. The molecule has 0 aromatic carbocycles. The number of nitrogens with one attached hydrogen (secondary N) is 1. The third kappa shape index (κ3) is 3.00. The van der Waals surface area contributed by atoms with E-state index in [0.717, 1.165) is 11.5 Å². The summed E-state index contributed by atoms with van der Waals surface area (Å²) in [5.41, 5.74) is 0. The Balaban J connectivity index is 1.79. The normalized spacial score (nSPS) is 23.2. The summed E-state index contributed by atoms with van der Waals surface area (Å²) >= 11 is 1.97. The predicted molar refractivity (Wildman–Crippen MR) is 62.1 cm³/mol. The van der Waals surface area contributed by atoms with Gasteiger partial charge in [0.05, 0.1) is 0 Å². The summed E-state index contributed by atoms with van der Waals surface area (Å²) in [5, 5.41) is 13.2. The van der Waals surface area contributed by atoms with Crippen LogP contribution in [-0.2, 0) is 0 Å². The van der Waals surface area contributed by atoms with E-state index in [1.807, 2.05) is 30.8 Å². The molecule has 2 heterocycles. The smallest absolute Gasteiger partial charge is 0.133 e. The van der Waals surface area contributed by atoms with Crippen LogP contribution in [0.15, 0.2) is 16.5 Å². The maximum Gasteiger partial charge on any atom is 0.133 e. The van der Waals surface area contributed by atoms with Gasteiger partial charge in [0, 0.05) is 18.3 Å². The van der Waals surface area contributed by atoms with Crippen molar-refractivity contribution < 1.29 is 9.52 Å². The van der Waals surface area contributed by atoms with Gasteiger partial charge in [-0.25, -0.2) is 0 Å². The molecule has 0 radical (unpaired) electrons. The van der Waals surface area contributed by atoms with Gasteiger partial charge in [-0.1, -0.05) is 0 Å². The van der Waals surface area contributed by atoms with Crippen LogP contribution in [-0.4, -0.2) is 29.2 Å². The number of thioether (sulfide) groups is 1. The summed E-state index contributed by atoms with van der Waals surface area (Å²) in [6, 6.07) is 4.27. The molecule has 1 fully saturated rings. The first-order valence-electron chi connectivity index (χ1n) is 5.31. The van der Waals surface area contributed by atoms with Gasteiger partial charge < -0.3 is 14.8 Å². The standard InChI is InChI=1S/C11H17NO2S/c1-8-2-3-11(14-8)10(13)6-12-9-4-5-15-7-9/h2-3,9-10,12-13H,4-7H2,1H3. The minimum atomic E-state index is -0.524. The van der Waals surface area contributed by atoms with Crippen LogP contribution in [0.4, 0.5) is 0 Å². The molecule has 0 spiro atoms. The van der Waals surface area contributed by atoms with Crippen molar-refractivity contribution in [2.75, 3.05) is 18.1 Å². The van der Waals surface area contributed by atoms with Gasteiger partial charge in [-0.05, 0) is 31.2 Å². The van der Waals surface area contributed by atoms with Crippen LogP contribution < -0.4 is 5.32 Å². The zero-order chi connectivity index (χ0) is 10.7. The van der Waals surface area contributed by atoms with Crippen molar-refractivity contribution in [2.24, 2.45) is 0 Å². The first-order chi connectivity index (χ1) is 7.25. The van der Waals surface area contributed by atoms with Crippen LogP contribution in [0.5, 0.6) is 0 Å². The molecule has 84 valence electrons. The first-order valence-corrected chi connectivity index (χ1v) is 6.46. The average Bonchev–Trinajstić information content (AvgIpc) is 2.84. The van der Waals surface area contributed by atoms with Crippen LogP contribution in [0, 0.1) is 6.92 Å². The SMILES string of the molecule is Cc1ccc(C(O)CNC2CCSC2)o1. The van der Waals surface area contributed by atoms with E-state index in [4.69, 9.17) is 4.42 Å². The molecule has 0 saturated carbocycles. The maximum atomic E-state index is 9.83. The van der Waals surface area contributed by atoms with Gasteiger partial charge in [-0.3, -0.25) is 0 Å². The van der Waals surface area contributed by atoms with Crippen molar-refractivity contribution >= 4 is 11.8 Å². The summed E-state index contributed by atoms with van der Waals surface area (Å²) in [7, 11) is 0. The second-order valence-corrected chi connectivity index (χ2v) is 5.08. The first kappa shape index (κ1) is 11.0. The van der Waals surface area contributed by atoms with E-state index >= 15 is 0 Å². The van der Waals surface area contributed by atoms with E-state index in [-0.39, 0.29) is 0 Å². The Kier molecular flexibility index (Phi) is 3.72. The van der Waals surface area contributed by atoms with Gasteiger partial charge >= 0.3 is 0 Å². The lowest BCUT2D eigenvalue weighted by molar-refractivity contribution is 0.143. The molecule has 1 aromatic heterocycles. The van der Waals surface area contributed by atoms with Crippen LogP contribution in [0.25, 0.3) is 0 Å². The zero-order valence-electron chi connectivity index (χ0n) is 8.90. The van der Waals surface area contributed by atoms with E-state index in [1.54, 1.807) is 0 Å². The van der Waals surface area contributed by atoms with Crippen molar-refractivity contribution in [1.82, 2.24) is 5.32 Å². The third-order valence-corrected chi connectivity index (χ3v) is 3.78. The summed E-state index contributed by atoms with van der Waals surface area (Å²) in [4.78, 5) is 0. The summed E-state index contributed by atoms with van der Waals surface area (Å²) in [5.74, 6) is 3.89. The van der Waals surface area contributed by atoms with Gasteiger partial charge in [0.1, 0.15) is 17.6 Å². The van der Waals surface area contributed by atoms with Gasteiger partial charge in [-0.2, -0.15) is 11.8 Å². The monoisotopic (exact) mass is 227 g/mol. The molecule has 3 nitrogen and oxygen atoms in total. The van der Waals surface area contributed by atoms with Crippen LogP contribution >= 0.6 is 11.8 Å². The van der Waals surface area contributed by atoms with E-state index in [9.17, 15) is 5.11 Å². The highest BCUT2D eigenvalue weighted by Gasteiger charge is 2.17. The highest BCUT2D eigenvalue weighted by atomic mass is 32.2. The molecule has 4 heteroatoms. The molecule has 0 amide bonds. The zero-order valence-corrected chi connectivity index (χ0v) is 9.72. The predicted octanol–water partition coefficient (Wildman–Crippen LogP) is 1.72. The van der Waals surface area contributed by atoms with Crippen molar-refractivity contribution in [1.29, 1.82) is 0 Å². The minimum absolute atomic E-state index is 0.524. The van der Waals surface area contributed by atoms with Crippen molar-refractivity contribution in [3.05, 3.63) is 23.7 Å². The van der Waals surface area contributed by atoms with E-state index < -0.39 is 6.10 Å². The molecule has 15 heavy (non-hydrogen) atoms. The molecule has 1 aliphatic rings. The number of aliphatic hydroxyl groups excluding tert-OH is 1. The molecule has 0 bridgehead atoms. The number of furan rings is 1. The minimum Gasteiger partial charge on any atom is -0.464 e. The van der Waals surface area contributed by atoms with Gasteiger partial charge in [0.15, 0.2) is 0 Å². The lowest BCUT2D eigenvalue weighted by atomic mass is 10.2. The molecule has 2 N–H and O–H groups in total. The largest absolute Gasteiger partial charge is 0.464 e. The third-order valence-electron chi connectivity index (χ3n) is 2.62. The molecular weight excluding hydrogens is 210 g/mol. The Bertz CT molecular complexity index is 307. The number of aryl methyl sites for hydroxylation is 1. The number of aliphatic hydroxyl groups is 1. The Hall–Kier alpha value is -0.450. The Labute approximate surface area is 94.2 Å². The van der Waals surface area contributed by atoms with Gasteiger partial charge in [-0.15, -0.1) is 0 Å². The second kappa shape index (κ2) is 5.05. The summed E-state index contributed by atoms with van der Waals surface area (Å²) < 4.78 is 5.37. The molecular formula is C11H17NO2S. The lowest BCUT2D eigenvalue weighted by Crippen LogP contribution is -2.32. The highest BCUT2D eigenvalue weighted by molar-refractivity contribution is 7.99. The molecule has 1 saturated heterocycles. The topological polar surface area (TPSA) is 45.4 Å². The average molecular weight is 227 g/mol. The Morgan fingerprint density at radius 1 is 1.67 bits per heavy atom. The number of hydrogen-bond acceptors (Lipinski definition) is 4. The van der Waals surface area contributed by atoms with Crippen molar-refractivity contribution in [3.8, 4) is 0 Å². The van der Waals surface area contributed by atoms with Gasteiger partial charge in [0.25, 0.3) is 0 Å². The maximum absolute atomic E-state index is 9.83. The fourth-order valence-electron chi connectivity index (χ4n) is 1.71. The summed E-state index contributed by atoms with van der Waals surface area (Å²) in [6.07, 6.45) is 0.679. The lowest BCUT2D eigenvalue weighted by Gasteiger charge is -2.13. The molecule has 2 unspecified atom stereocenters. The molecule has 1 aromatic rings. The second-order valence-electron chi connectivity index (χ2n) is 3.93. The van der Waals surface area contributed by atoms with Crippen LogP contribution in [0.2, 0.25) is 0 Å². The molecule has 1 aliphatic heterocycles. The fourth-order valence-corrected chi connectivity index (χ4v) is 2.89. The van der Waals surface area contributed by atoms with Crippen molar-refractivity contribution in [2.45, 2.75) is 25.5 Å². The van der Waals surface area contributed by atoms with Crippen LogP contribution in [0.3, 0.4) is 0 Å². The van der Waals surface area contributed by atoms with E-state index in [0.29, 0.717) is 18.3 Å². The van der Waals surface area contributed by atoms with E-state index in [2.05, 4.69) is 5.32 Å². The molecule has 2 atom stereocenters. The number of hydrogen-bond donors (Lipinski definition) is 2. The van der Waals surface area contributed by atoms with Crippen LogP contribution in [0.1, 0.15) is 24.0 Å². The summed E-state index contributed by atoms with van der Waals surface area (Å²) in [6.45, 7) is 2.47. The number of rotatable bonds is 4. The fraction of sp³-hybridized carbons (Fsp3) is 0.636. The molecule has 2 rings (SSSR count). The Morgan fingerprint density at radius 3 is 3.13 bits per heavy atom. The molecule has 0 aliphatic carbocycles. The van der Waals surface area contributed by atoms with E-state index in [1.165, 1.54) is 12.2 Å².